The van der Waals surface area contributed by atoms with Gasteiger partial charge in [-0.2, -0.15) is 5.10 Å². The second-order valence-corrected chi connectivity index (χ2v) is 4.91. The molecule has 2 aromatic rings. The second-order valence-electron chi connectivity index (χ2n) is 4.56. The van der Waals surface area contributed by atoms with Crippen molar-refractivity contribution < 1.29 is 14.3 Å². The quantitative estimate of drug-likeness (QED) is 0.669. The Labute approximate surface area is 138 Å². The molecule has 0 fully saturated rings. The molecule has 1 heterocycles. The van der Waals surface area contributed by atoms with Crippen molar-refractivity contribution in [2.75, 3.05) is 13.2 Å². The smallest absolute Gasteiger partial charge is 0.343 e. The number of nitrogens with one attached hydrogen (secondary N) is 1. The number of aromatic nitrogens is 2. The van der Waals surface area contributed by atoms with Crippen molar-refractivity contribution in [3.8, 4) is 18.0 Å². The van der Waals surface area contributed by atoms with Gasteiger partial charge in [0.15, 0.2) is 6.61 Å². The van der Waals surface area contributed by atoms with Crippen LogP contribution < -0.4 is 5.32 Å². The maximum absolute atomic E-state index is 12.1. The van der Waals surface area contributed by atoms with Gasteiger partial charge in [-0.3, -0.25) is 4.79 Å². The molecule has 118 valence electrons. The summed E-state index contributed by atoms with van der Waals surface area (Å²) in [6.07, 6.45) is 5.02. The topological polar surface area (TPSA) is 73.2 Å². The van der Waals surface area contributed by atoms with Gasteiger partial charge < -0.3 is 10.1 Å². The fourth-order valence-electron chi connectivity index (χ4n) is 1.88. The van der Waals surface area contributed by atoms with Crippen LogP contribution in [0.25, 0.3) is 5.69 Å². The Morgan fingerprint density at radius 3 is 2.74 bits per heavy atom. The molecule has 0 saturated carbocycles. The van der Waals surface area contributed by atoms with E-state index in [0.717, 1.165) is 0 Å². The molecule has 1 N–H and O–H groups in total. The maximum atomic E-state index is 12.1. The number of terminal acetylenes is 1. The van der Waals surface area contributed by atoms with Gasteiger partial charge in [-0.05, 0) is 19.1 Å². The van der Waals surface area contributed by atoms with Crippen LogP contribution in [0.15, 0.2) is 30.3 Å². The normalized spacial score (nSPS) is 9.96. The van der Waals surface area contributed by atoms with Gasteiger partial charge in [0.1, 0.15) is 10.7 Å². The molecule has 7 heteroatoms. The molecule has 1 amide bonds. The predicted molar refractivity (Wildman–Crippen MR) is 85.4 cm³/mol. The number of para-hydroxylation sites is 1. The number of aryl methyl sites for hydroxylation is 1. The first-order valence-corrected chi connectivity index (χ1v) is 7.10. The molecule has 0 radical (unpaired) electrons. The maximum Gasteiger partial charge on any atom is 0.343 e. The van der Waals surface area contributed by atoms with Crippen molar-refractivity contribution in [3.63, 3.8) is 0 Å². The minimum atomic E-state index is -0.717. The average Bonchev–Trinajstić information content (AvgIpc) is 2.86. The molecule has 0 atom stereocenters. The number of carbonyl (C=O) groups is 2. The molecule has 1 aromatic heterocycles. The van der Waals surface area contributed by atoms with Gasteiger partial charge in [0.25, 0.3) is 5.91 Å². The molecule has 2 rings (SSSR count). The van der Waals surface area contributed by atoms with E-state index in [1.54, 1.807) is 19.1 Å². The molecule has 0 unspecified atom stereocenters. The number of nitrogens with zero attached hydrogens (tertiary/aromatic N) is 2. The molecular formula is C16H14ClN3O3. The lowest BCUT2D eigenvalue weighted by Gasteiger charge is -2.05. The number of benzene rings is 1. The van der Waals surface area contributed by atoms with Crippen LogP contribution in [0.2, 0.25) is 5.15 Å². The van der Waals surface area contributed by atoms with Crippen LogP contribution in [-0.4, -0.2) is 34.8 Å². The Balaban J connectivity index is 2.14. The third-order valence-corrected chi connectivity index (χ3v) is 3.28. The molecule has 6 nitrogen and oxygen atoms in total. The highest BCUT2D eigenvalue weighted by atomic mass is 35.5. The van der Waals surface area contributed by atoms with Gasteiger partial charge in [-0.15, -0.1) is 6.42 Å². The zero-order valence-electron chi connectivity index (χ0n) is 12.4. The van der Waals surface area contributed by atoms with E-state index in [9.17, 15) is 9.59 Å². The van der Waals surface area contributed by atoms with Crippen molar-refractivity contribution in [2.45, 2.75) is 6.92 Å². The van der Waals surface area contributed by atoms with Crippen LogP contribution in [0.5, 0.6) is 0 Å². The summed E-state index contributed by atoms with van der Waals surface area (Å²) in [7, 11) is 0. The third kappa shape index (κ3) is 3.90. The standard InChI is InChI=1S/C16H14ClN3O3/c1-3-9-18-13(21)10-23-16(22)14-11(2)19-20(15(14)17)12-7-5-4-6-8-12/h1,4-8H,9-10H2,2H3,(H,18,21). The van der Waals surface area contributed by atoms with E-state index in [1.807, 2.05) is 18.2 Å². The van der Waals surface area contributed by atoms with Crippen LogP contribution in [0.3, 0.4) is 0 Å². The summed E-state index contributed by atoms with van der Waals surface area (Å²) in [6, 6.07) is 9.13. The van der Waals surface area contributed by atoms with Crippen LogP contribution in [-0.2, 0) is 9.53 Å². The van der Waals surface area contributed by atoms with Gasteiger partial charge in [0, 0.05) is 0 Å². The molecule has 1 aromatic carbocycles. The number of halogens is 1. The van der Waals surface area contributed by atoms with Crippen LogP contribution >= 0.6 is 11.6 Å². The Morgan fingerprint density at radius 2 is 2.09 bits per heavy atom. The van der Waals surface area contributed by atoms with Gasteiger partial charge in [-0.25, -0.2) is 9.48 Å². The Bertz CT molecular complexity index is 763. The predicted octanol–water partition coefficient (Wildman–Crippen LogP) is 1.74. The lowest BCUT2D eigenvalue weighted by atomic mass is 10.2. The highest BCUT2D eigenvalue weighted by molar-refractivity contribution is 6.33. The summed E-state index contributed by atoms with van der Waals surface area (Å²) in [6.45, 7) is 1.27. The Kier molecular flexibility index (Phi) is 5.39. The van der Waals surface area contributed by atoms with Crippen LogP contribution in [0.4, 0.5) is 0 Å². The molecule has 0 bridgehead atoms. The molecular weight excluding hydrogens is 318 g/mol. The van der Waals surface area contributed by atoms with Gasteiger partial charge in [0.05, 0.1) is 17.9 Å². The average molecular weight is 332 g/mol. The molecule has 0 saturated heterocycles. The summed E-state index contributed by atoms with van der Waals surface area (Å²) in [5, 5.41) is 6.76. The van der Waals surface area contributed by atoms with E-state index in [2.05, 4.69) is 16.3 Å². The summed E-state index contributed by atoms with van der Waals surface area (Å²) >= 11 is 6.23. The Morgan fingerprint density at radius 1 is 1.39 bits per heavy atom. The number of rotatable bonds is 5. The highest BCUT2D eigenvalue weighted by Gasteiger charge is 2.23. The van der Waals surface area contributed by atoms with Crippen molar-refractivity contribution >= 4 is 23.5 Å². The Hall–Kier alpha value is -2.78. The van der Waals surface area contributed by atoms with E-state index >= 15 is 0 Å². The van der Waals surface area contributed by atoms with Crippen molar-refractivity contribution in [1.29, 1.82) is 0 Å². The van der Waals surface area contributed by atoms with Crippen molar-refractivity contribution in [3.05, 3.63) is 46.7 Å². The number of esters is 1. The number of carbonyl (C=O) groups excluding carboxylic acids is 2. The van der Waals surface area contributed by atoms with E-state index in [0.29, 0.717) is 11.4 Å². The SMILES string of the molecule is C#CCNC(=O)COC(=O)c1c(C)nn(-c2ccccc2)c1Cl. The zero-order chi connectivity index (χ0) is 16.8. The minimum absolute atomic E-state index is 0.0715. The van der Waals surface area contributed by atoms with Crippen LogP contribution in [0, 0.1) is 19.3 Å². The van der Waals surface area contributed by atoms with Crippen molar-refractivity contribution in [1.82, 2.24) is 15.1 Å². The summed E-state index contributed by atoms with van der Waals surface area (Å²) < 4.78 is 6.38. The number of hydrogen-bond donors (Lipinski definition) is 1. The highest BCUT2D eigenvalue weighted by Crippen LogP contribution is 2.24. The molecule has 23 heavy (non-hydrogen) atoms. The number of amides is 1. The van der Waals surface area contributed by atoms with E-state index in [1.165, 1.54) is 4.68 Å². The fraction of sp³-hybridized carbons (Fsp3) is 0.188. The minimum Gasteiger partial charge on any atom is -0.452 e. The van der Waals surface area contributed by atoms with E-state index in [-0.39, 0.29) is 17.3 Å². The zero-order valence-corrected chi connectivity index (χ0v) is 13.1. The molecule has 0 aliphatic heterocycles. The van der Waals surface area contributed by atoms with Gasteiger partial charge >= 0.3 is 5.97 Å². The lowest BCUT2D eigenvalue weighted by Crippen LogP contribution is -2.29. The first kappa shape index (κ1) is 16.6. The second kappa shape index (κ2) is 7.47. The summed E-state index contributed by atoms with van der Waals surface area (Å²) in [4.78, 5) is 23.5. The van der Waals surface area contributed by atoms with E-state index in [4.69, 9.17) is 22.8 Å². The summed E-state index contributed by atoms with van der Waals surface area (Å²) in [5.41, 5.74) is 1.25. The monoisotopic (exact) mass is 331 g/mol. The summed E-state index contributed by atoms with van der Waals surface area (Å²) in [5.74, 6) is 1.05. The fourth-order valence-corrected chi connectivity index (χ4v) is 2.22. The van der Waals surface area contributed by atoms with Crippen LogP contribution in [0.1, 0.15) is 16.1 Å². The molecule has 0 aliphatic rings. The number of ether oxygens (including phenoxy) is 1. The lowest BCUT2D eigenvalue weighted by molar-refractivity contribution is -0.123. The largest absolute Gasteiger partial charge is 0.452 e. The van der Waals surface area contributed by atoms with Gasteiger partial charge in [-0.1, -0.05) is 35.7 Å². The van der Waals surface area contributed by atoms with Crippen molar-refractivity contribution in [2.24, 2.45) is 0 Å². The first-order valence-electron chi connectivity index (χ1n) is 6.72. The number of hydrogen-bond acceptors (Lipinski definition) is 4. The third-order valence-electron chi connectivity index (χ3n) is 2.93. The molecule has 0 aliphatic carbocycles. The molecule has 0 spiro atoms. The van der Waals surface area contributed by atoms with Gasteiger partial charge in [0.2, 0.25) is 0 Å². The van der Waals surface area contributed by atoms with E-state index < -0.39 is 18.5 Å². The first-order chi connectivity index (χ1) is 11.0.